The van der Waals surface area contributed by atoms with Gasteiger partial charge in [-0.2, -0.15) is 0 Å². The molecule has 0 spiro atoms. The Morgan fingerprint density at radius 3 is 1.47 bits per heavy atom. The standard InChI is InChI=1S/C29H23N3/c1-3-14-26-22(8-1)10-5-16-28(26)30-20-18-24-12-7-13-25(32-24)19-21-31-29-17-6-11-23-9-2-4-15-27(23)29/h1-17,20-21H,18-19H2. The minimum atomic E-state index is 0.692. The maximum absolute atomic E-state index is 4.78. The van der Waals surface area contributed by atoms with Gasteiger partial charge in [0.2, 0.25) is 0 Å². The first-order valence-electron chi connectivity index (χ1n) is 10.8. The van der Waals surface area contributed by atoms with E-state index in [9.17, 15) is 0 Å². The minimum absolute atomic E-state index is 0.692. The number of fused-ring (bicyclic) bond motifs is 2. The fourth-order valence-corrected chi connectivity index (χ4v) is 3.87. The molecule has 0 saturated carbocycles. The predicted molar refractivity (Wildman–Crippen MR) is 136 cm³/mol. The number of hydrogen-bond donors (Lipinski definition) is 0. The quantitative estimate of drug-likeness (QED) is 0.270. The molecule has 0 unspecified atom stereocenters. The van der Waals surface area contributed by atoms with Crippen LogP contribution in [0, 0.1) is 0 Å². The Kier molecular flexibility index (Phi) is 5.80. The van der Waals surface area contributed by atoms with Gasteiger partial charge in [0.15, 0.2) is 0 Å². The van der Waals surface area contributed by atoms with Gasteiger partial charge in [-0.1, -0.05) is 78.9 Å². The van der Waals surface area contributed by atoms with Crippen LogP contribution in [0.1, 0.15) is 11.4 Å². The molecule has 5 rings (SSSR count). The van der Waals surface area contributed by atoms with Gasteiger partial charge in [-0.3, -0.25) is 15.0 Å². The van der Waals surface area contributed by atoms with Crippen LogP contribution in [0.3, 0.4) is 0 Å². The third-order valence-corrected chi connectivity index (χ3v) is 5.46. The van der Waals surface area contributed by atoms with Crippen LogP contribution in [-0.2, 0) is 12.8 Å². The third kappa shape index (κ3) is 4.47. The molecule has 32 heavy (non-hydrogen) atoms. The molecule has 1 heterocycles. The highest BCUT2D eigenvalue weighted by Crippen LogP contribution is 2.26. The van der Waals surface area contributed by atoms with Gasteiger partial charge in [0.05, 0.1) is 11.4 Å². The average molecular weight is 414 g/mol. The average Bonchev–Trinajstić information content (AvgIpc) is 2.85. The number of aromatic nitrogens is 1. The summed E-state index contributed by atoms with van der Waals surface area (Å²) in [6, 6.07) is 35.2. The van der Waals surface area contributed by atoms with Gasteiger partial charge in [-0.15, -0.1) is 0 Å². The van der Waals surface area contributed by atoms with Crippen LogP contribution < -0.4 is 0 Å². The lowest BCUT2D eigenvalue weighted by molar-refractivity contribution is 1.06. The van der Waals surface area contributed by atoms with Crippen LogP contribution in [0.25, 0.3) is 21.5 Å². The Morgan fingerprint density at radius 2 is 0.938 bits per heavy atom. The molecule has 0 aliphatic carbocycles. The van der Waals surface area contributed by atoms with Gasteiger partial charge in [-0.25, -0.2) is 0 Å². The largest absolute Gasteiger partial charge is 0.260 e. The molecular formula is C29H23N3. The summed E-state index contributed by atoms with van der Waals surface area (Å²) in [7, 11) is 0. The lowest BCUT2D eigenvalue weighted by Crippen LogP contribution is -1.97. The van der Waals surface area contributed by atoms with Crippen LogP contribution in [0.2, 0.25) is 0 Å². The van der Waals surface area contributed by atoms with Crippen molar-refractivity contribution in [3.8, 4) is 0 Å². The van der Waals surface area contributed by atoms with Gasteiger partial charge >= 0.3 is 0 Å². The van der Waals surface area contributed by atoms with E-state index < -0.39 is 0 Å². The highest BCUT2D eigenvalue weighted by molar-refractivity contribution is 5.94. The van der Waals surface area contributed by atoms with E-state index in [1.807, 2.05) is 61.0 Å². The highest BCUT2D eigenvalue weighted by Gasteiger charge is 2.00. The zero-order valence-electron chi connectivity index (χ0n) is 17.7. The summed E-state index contributed by atoms with van der Waals surface area (Å²) in [5.74, 6) is 0. The highest BCUT2D eigenvalue weighted by atomic mass is 14.8. The normalized spacial score (nSPS) is 11.8. The number of benzene rings is 4. The molecule has 0 fully saturated rings. The second-order valence-corrected chi connectivity index (χ2v) is 7.65. The second kappa shape index (κ2) is 9.36. The Hall–Kier alpha value is -4.11. The molecule has 3 nitrogen and oxygen atoms in total. The fraction of sp³-hybridized carbons (Fsp3) is 0.0690. The summed E-state index contributed by atoms with van der Waals surface area (Å²) in [4.78, 5) is 14.2. The molecule has 154 valence electrons. The summed E-state index contributed by atoms with van der Waals surface area (Å²) in [6.45, 7) is 0. The first-order chi connectivity index (χ1) is 15.9. The van der Waals surface area contributed by atoms with E-state index in [2.05, 4.69) is 54.6 Å². The fourth-order valence-electron chi connectivity index (χ4n) is 3.87. The Labute approximate surface area is 187 Å². The molecule has 0 amide bonds. The SMILES string of the molecule is C(Cc1cccc(CC=Nc2cccc3ccccc23)n1)=Nc1cccc2ccccc12. The molecule has 3 heteroatoms. The molecule has 0 saturated heterocycles. The molecule has 0 atom stereocenters. The van der Waals surface area contributed by atoms with Crippen molar-refractivity contribution < 1.29 is 0 Å². The van der Waals surface area contributed by atoms with Crippen molar-refractivity contribution in [2.45, 2.75) is 12.8 Å². The first kappa shape index (κ1) is 19.8. The molecule has 0 aliphatic rings. The van der Waals surface area contributed by atoms with E-state index in [-0.39, 0.29) is 0 Å². The van der Waals surface area contributed by atoms with E-state index in [4.69, 9.17) is 15.0 Å². The summed E-state index contributed by atoms with van der Waals surface area (Å²) >= 11 is 0. The van der Waals surface area contributed by atoms with Crippen molar-refractivity contribution in [1.82, 2.24) is 4.98 Å². The lowest BCUT2D eigenvalue weighted by atomic mass is 10.1. The molecular weight excluding hydrogens is 390 g/mol. The molecule has 0 radical (unpaired) electrons. The van der Waals surface area contributed by atoms with E-state index in [0.717, 1.165) is 33.5 Å². The molecule has 1 aromatic heterocycles. The summed E-state index contributed by atoms with van der Waals surface area (Å²) in [6.07, 6.45) is 5.27. The smallest absolute Gasteiger partial charge is 0.0704 e. The maximum Gasteiger partial charge on any atom is 0.0704 e. The van der Waals surface area contributed by atoms with E-state index in [1.54, 1.807) is 0 Å². The number of rotatable bonds is 6. The number of aliphatic imine (C=N–C) groups is 2. The topological polar surface area (TPSA) is 37.6 Å². The van der Waals surface area contributed by atoms with Crippen molar-refractivity contribution >= 4 is 45.3 Å². The number of hydrogen-bond acceptors (Lipinski definition) is 3. The molecule has 0 N–H and O–H groups in total. The van der Waals surface area contributed by atoms with Crippen LogP contribution in [0.15, 0.2) is 113 Å². The van der Waals surface area contributed by atoms with Gasteiger partial charge in [0, 0.05) is 47.4 Å². The second-order valence-electron chi connectivity index (χ2n) is 7.65. The van der Waals surface area contributed by atoms with Gasteiger partial charge in [-0.05, 0) is 35.0 Å². The lowest BCUT2D eigenvalue weighted by Gasteiger charge is -2.03. The maximum atomic E-state index is 4.78. The molecule has 0 bridgehead atoms. The van der Waals surface area contributed by atoms with Crippen LogP contribution >= 0.6 is 0 Å². The third-order valence-electron chi connectivity index (χ3n) is 5.46. The zero-order chi connectivity index (χ0) is 21.6. The van der Waals surface area contributed by atoms with Crippen LogP contribution in [-0.4, -0.2) is 17.4 Å². The van der Waals surface area contributed by atoms with Gasteiger partial charge in [0.1, 0.15) is 0 Å². The van der Waals surface area contributed by atoms with Gasteiger partial charge < -0.3 is 0 Å². The number of nitrogens with zero attached hydrogens (tertiary/aromatic N) is 3. The predicted octanol–water partition coefficient (Wildman–Crippen LogP) is 7.28. The molecule has 0 aliphatic heterocycles. The summed E-state index contributed by atoms with van der Waals surface area (Å²) in [5, 5.41) is 4.73. The Balaban J connectivity index is 1.27. The summed E-state index contributed by atoms with van der Waals surface area (Å²) in [5.41, 5.74) is 3.98. The Morgan fingerprint density at radius 1 is 0.500 bits per heavy atom. The van der Waals surface area contributed by atoms with Crippen molar-refractivity contribution in [2.75, 3.05) is 0 Å². The molecule has 5 aromatic rings. The van der Waals surface area contributed by atoms with Crippen molar-refractivity contribution in [3.63, 3.8) is 0 Å². The van der Waals surface area contributed by atoms with Gasteiger partial charge in [0.25, 0.3) is 0 Å². The van der Waals surface area contributed by atoms with E-state index in [0.29, 0.717) is 12.8 Å². The minimum Gasteiger partial charge on any atom is -0.260 e. The first-order valence-corrected chi connectivity index (χ1v) is 10.8. The summed E-state index contributed by atoms with van der Waals surface area (Å²) < 4.78 is 0. The molecule has 4 aromatic carbocycles. The van der Waals surface area contributed by atoms with Crippen molar-refractivity contribution in [2.24, 2.45) is 9.98 Å². The van der Waals surface area contributed by atoms with Crippen molar-refractivity contribution in [3.05, 3.63) is 115 Å². The van der Waals surface area contributed by atoms with Crippen LogP contribution in [0.5, 0.6) is 0 Å². The monoisotopic (exact) mass is 413 g/mol. The Bertz CT molecular complexity index is 1320. The zero-order valence-corrected chi connectivity index (χ0v) is 17.7. The van der Waals surface area contributed by atoms with E-state index in [1.165, 1.54) is 10.8 Å². The van der Waals surface area contributed by atoms with Crippen molar-refractivity contribution in [1.29, 1.82) is 0 Å². The van der Waals surface area contributed by atoms with E-state index >= 15 is 0 Å². The number of pyridine rings is 1. The van der Waals surface area contributed by atoms with Crippen LogP contribution in [0.4, 0.5) is 11.4 Å².